The second-order valence-electron chi connectivity index (χ2n) is 3.48. The maximum absolute atomic E-state index is 9.28. The standard InChI is InChI=1S/C11H17NO/c1-3-10(12)6-9-7-11(13)5-4-8(9)2/h4-5,7,10,13H,3,6,12H2,1-2H3. The van der Waals surface area contributed by atoms with Crippen LogP contribution in [0.3, 0.4) is 0 Å². The van der Waals surface area contributed by atoms with Crippen molar-refractivity contribution in [3.8, 4) is 5.75 Å². The summed E-state index contributed by atoms with van der Waals surface area (Å²) in [5, 5.41) is 9.28. The third-order valence-corrected chi connectivity index (χ3v) is 2.34. The Bertz CT molecular complexity index is 283. The number of aromatic hydroxyl groups is 1. The lowest BCUT2D eigenvalue weighted by Gasteiger charge is -2.11. The summed E-state index contributed by atoms with van der Waals surface area (Å²) in [5.41, 5.74) is 8.19. The Kier molecular flexibility index (Phi) is 3.32. The molecule has 0 aliphatic carbocycles. The van der Waals surface area contributed by atoms with E-state index >= 15 is 0 Å². The van der Waals surface area contributed by atoms with Crippen molar-refractivity contribution in [2.45, 2.75) is 32.7 Å². The highest BCUT2D eigenvalue weighted by atomic mass is 16.3. The first-order chi connectivity index (χ1) is 6.13. The van der Waals surface area contributed by atoms with E-state index in [0.717, 1.165) is 18.4 Å². The Labute approximate surface area is 79.4 Å². The molecule has 1 unspecified atom stereocenters. The van der Waals surface area contributed by atoms with Gasteiger partial charge in [0.15, 0.2) is 0 Å². The number of phenols is 1. The highest BCUT2D eigenvalue weighted by Gasteiger charge is 2.04. The van der Waals surface area contributed by atoms with Crippen LogP contribution in [0.1, 0.15) is 24.5 Å². The van der Waals surface area contributed by atoms with Gasteiger partial charge in [-0.15, -0.1) is 0 Å². The number of rotatable bonds is 3. The van der Waals surface area contributed by atoms with Gasteiger partial charge < -0.3 is 10.8 Å². The van der Waals surface area contributed by atoms with Gasteiger partial charge in [-0.3, -0.25) is 0 Å². The SMILES string of the molecule is CCC(N)Cc1cc(O)ccc1C. The molecule has 0 amide bonds. The lowest BCUT2D eigenvalue weighted by atomic mass is 10.00. The van der Waals surface area contributed by atoms with Gasteiger partial charge in [-0.1, -0.05) is 13.0 Å². The molecule has 0 spiro atoms. The summed E-state index contributed by atoms with van der Waals surface area (Å²) >= 11 is 0. The molecule has 3 N–H and O–H groups in total. The minimum absolute atomic E-state index is 0.195. The van der Waals surface area contributed by atoms with Crippen molar-refractivity contribution in [2.75, 3.05) is 0 Å². The molecule has 0 fully saturated rings. The van der Waals surface area contributed by atoms with Crippen LogP contribution in [0, 0.1) is 6.92 Å². The second-order valence-corrected chi connectivity index (χ2v) is 3.48. The van der Waals surface area contributed by atoms with Crippen LogP contribution in [0.4, 0.5) is 0 Å². The molecule has 2 nitrogen and oxygen atoms in total. The van der Waals surface area contributed by atoms with Gasteiger partial charge in [-0.05, 0) is 43.0 Å². The summed E-state index contributed by atoms with van der Waals surface area (Å²) in [7, 11) is 0. The number of nitrogens with two attached hydrogens (primary N) is 1. The van der Waals surface area contributed by atoms with E-state index in [-0.39, 0.29) is 6.04 Å². The van der Waals surface area contributed by atoms with E-state index in [2.05, 4.69) is 6.92 Å². The molecule has 0 radical (unpaired) electrons. The highest BCUT2D eigenvalue weighted by Crippen LogP contribution is 2.17. The van der Waals surface area contributed by atoms with Gasteiger partial charge in [0.25, 0.3) is 0 Å². The zero-order valence-electron chi connectivity index (χ0n) is 8.25. The molecule has 1 aromatic carbocycles. The first kappa shape index (κ1) is 10.1. The minimum Gasteiger partial charge on any atom is -0.508 e. The van der Waals surface area contributed by atoms with Crippen LogP contribution >= 0.6 is 0 Å². The van der Waals surface area contributed by atoms with E-state index in [1.807, 2.05) is 13.0 Å². The van der Waals surface area contributed by atoms with Crippen molar-refractivity contribution in [1.29, 1.82) is 0 Å². The summed E-state index contributed by atoms with van der Waals surface area (Å²) in [6.45, 7) is 4.11. The second kappa shape index (κ2) is 4.28. The van der Waals surface area contributed by atoms with Crippen LogP contribution in [0.5, 0.6) is 5.75 Å². The Hall–Kier alpha value is -1.02. The average Bonchev–Trinajstić information content (AvgIpc) is 2.11. The molecule has 0 aromatic heterocycles. The largest absolute Gasteiger partial charge is 0.508 e. The fourth-order valence-electron chi connectivity index (χ4n) is 1.30. The first-order valence-corrected chi connectivity index (χ1v) is 4.67. The predicted molar refractivity (Wildman–Crippen MR) is 54.8 cm³/mol. The topological polar surface area (TPSA) is 46.2 Å². The molecule has 0 saturated carbocycles. The summed E-state index contributed by atoms with van der Waals surface area (Å²) in [6, 6.07) is 5.62. The monoisotopic (exact) mass is 179 g/mol. The van der Waals surface area contributed by atoms with Gasteiger partial charge in [-0.25, -0.2) is 0 Å². The molecule has 0 bridgehead atoms. The molecule has 13 heavy (non-hydrogen) atoms. The van der Waals surface area contributed by atoms with Crippen molar-refractivity contribution in [3.05, 3.63) is 29.3 Å². The van der Waals surface area contributed by atoms with Gasteiger partial charge >= 0.3 is 0 Å². The van der Waals surface area contributed by atoms with Crippen molar-refractivity contribution >= 4 is 0 Å². The van der Waals surface area contributed by atoms with Gasteiger partial charge in [0.05, 0.1) is 0 Å². The van der Waals surface area contributed by atoms with E-state index in [1.54, 1.807) is 12.1 Å². The summed E-state index contributed by atoms with van der Waals surface area (Å²) in [5.74, 6) is 0.323. The quantitative estimate of drug-likeness (QED) is 0.745. The fraction of sp³-hybridized carbons (Fsp3) is 0.455. The molecular weight excluding hydrogens is 162 g/mol. The van der Waals surface area contributed by atoms with Crippen LogP contribution in [0.25, 0.3) is 0 Å². The molecule has 72 valence electrons. The van der Waals surface area contributed by atoms with Crippen LogP contribution in [-0.2, 0) is 6.42 Å². The van der Waals surface area contributed by atoms with E-state index in [4.69, 9.17) is 5.73 Å². The van der Waals surface area contributed by atoms with Crippen LogP contribution in [0.2, 0.25) is 0 Å². The van der Waals surface area contributed by atoms with Crippen LogP contribution < -0.4 is 5.73 Å². The van der Waals surface area contributed by atoms with Gasteiger partial charge in [0.2, 0.25) is 0 Å². The number of hydrogen-bond acceptors (Lipinski definition) is 2. The number of aryl methyl sites for hydroxylation is 1. The molecule has 0 aliphatic heterocycles. The molecule has 0 aliphatic rings. The maximum atomic E-state index is 9.28. The van der Waals surface area contributed by atoms with Crippen molar-refractivity contribution in [1.82, 2.24) is 0 Å². The normalized spacial score (nSPS) is 12.8. The average molecular weight is 179 g/mol. The molecule has 1 aromatic rings. The van der Waals surface area contributed by atoms with Gasteiger partial charge in [0.1, 0.15) is 5.75 Å². The van der Waals surface area contributed by atoms with E-state index in [1.165, 1.54) is 5.56 Å². The smallest absolute Gasteiger partial charge is 0.115 e. The summed E-state index contributed by atoms with van der Waals surface area (Å²) in [4.78, 5) is 0. The zero-order chi connectivity index (χ0) is 9.84. The van der Waals surface area contributed by atoms with Crippen LogP contribution in [0.15, 0.2) is 18.2 Å². The lowest BCUT2D eigenvalue weighted by Crippen LogP contribution is -2.21. The van der Waals surface area contributed by atoms with E-state index in [0.29, 0.717) is 5.75 Å². The maximum Gasteiger partial charge on any atom is 0.115 e. The van der Waals surface area contributed by atoms with Crippen molar-refractivity contribution in [2.24, 2.45) is 5.73 Å². The predicted octanol–water partition coefficient (Wildman–Crippen LogP) is 1.98. The van der Waals surface area contributed by atoms with Crippen LogP contribution in [-0.4, -0.2) is 11.1 Å². The molecule has 0 heterocycles. The third-order valence-electron chi connectivity index (χ3n) is 2.34. The third kappa shape index (κ3) is 2.74. The van der Waals surface area contributed by atoms with Gasteiger partial charge in [-0.2, -0.15) is 0 Å². The molecule has 1 rings (SSSR count). The summed E-state index contributed by atoms with van der Waals surface area (Å²) in [6.07, 6.45) is 1.81. The number of hydrogen-bond donors (Lipinski definition) is 2. The molecule has 2 heteroatoms. The summed E-state index contributed by atoms with van der Waals surface area (Å²) < 4.78 is 0. The minimum atomic E-state index is 0.195. The zero-order valence-corrected chi connectivity index (χ0v) is 8.25. The number of phenolic OH excluding ortho intramolecular Hbond substituents is 1. The lowest BCUT2D eigenvalue weighted by molar-refractivity contribution is 0.474. The van der Waals surface area contributed by atoms with E-state index < -0.39 is 0 Å². The van der Waals surface area contributed by atoms with Crippen molar-refractivity contribution < 1.29 is 5.11 Å². The Morgan fingerprint density at radius 3 is 2.77 bits per heavy atom. The first-order valence-electron chi connectivity index (χ1n) is 4.67. The molecule has 0 saturated heterocycles. The van der Waals surface area contributed by atoms with E-state index in [9.17, 15) is 5.11 Å². The van der Waals surface area contributed by atoms with Gasteiger partial charge in [0, 0.05) is 6.04 Å². The highest BCUT2D eigenvalue weighted by molar-refractivity contribution is 5.34. The Balaban J connectivity index is 2.81. The number of benzene rings is 1. The molecule has 1 atom stereocenters. The Morgan fingerprint density at radius 2 is 2.15 bits per heavy atom. The fourth-order valence-corrected chi connectivity index (χ4v) is 1.30. The Morgan fingerprint density at radius 1 is 1.46 bits per heavy atom. The van der Waals surface area contributed by atoms with Crippen molar-refractivity contribution in [3.63, 3.8) is 0 Å². The molecular formula is C11H17NO.